The Kier molecular flexibility index (Phi) is 5.55. The molecule has 0 unspecified atom stereocenters. The Balaban J connectivity index is 1.54. The molecule has 0 radical (unpaired) electrons. The molecule has 0 aromatic heterocycles. The number of ether oxygens (including phenoxy) is 1. The Morgan fingerprint density at radius 1 is 1.00 bits per heavy atom. The number of amides is 1. The quantitative estimate of drug-likeness (QED) is 0.531. The fourth-order valence-electron chi connectivity index (χ4n) is 2.77. The summed E-state index contributed by atoms with van der Waals surface area (Å²) in [6.07, 6.45) is 1.65. The second-order valence-electron chi connectivity index (χ2n) is 7.42. The van der Waals surface area contributed by atoms with E-state index in [-0.39, 0.29) is 17.9 Å². The lowest BCUT2D eigenvalue weighted by Gasteiger charge is -2.19. The minimum atomic E-state index is -0.300. The lowest BCUT2D eigenvalue weighted by atomic mass is 9.87. The average Bonchev–Trinajstić information content (AvgIpc) is 2.66. The number of carbonyl (C=O) groups excluding carboxylic acids is 1. The van der Waals surface area contributed by atoms with E-state index < -0.39 is 0 Å². The van der Waals surface area contributed by atoms with Gasteiger partial charge in [-0.2, -0.15) is 5.10 Å². The summed E-state index contributed by atoms with van der Waals surface area (Å²) >= 11 is 0. The van der Waals surface area contributed by atoms with Gasteiger partial charge in [0.1, 0.15) is 5.75 Å². The van der Waals surface area contributed by atoms with Gasteiger partial charge in [-0.1, -0.05) is 75.4 Å². The molecule has 0 aliphatic heterocycles. The third-order valence-corrected chi connectivity index (χ3v) is 4.31. The molecular weight excluding hydrogens is 336 g/mol. The summed E-state index contributed by atoms with van der Waals surface area (Å²) in [4.78, 5) is 11.9. The van der Waals surface area contributed by atoms with E-state index in [2.05, 4.69) is 31.3 Å². The molecule has 138 valence electrons. The molecule has 0 bridgehead atoms. The monoisotopic (exact) mass is 360 g/mol. The number of hydrogen-bond acceptors (Lipinski definition) is 3. The first-order chi connectivity index (χ1) is 12.9. The first kappa shape index (κ1) is 18.6. The molecule has 1 amide bonds. The van der Waals surface area contributed by atoms with Gasteiger partial charge in [-0.25, -0.2) is 5.43 Å². The Morgan fingerprint density at radius 2 is 1.70 bits per heavy atom. The third kappa shape index (κ3) is 4.94. The molecule has 3 rings (SSSR count). The van der Waals surface area contributed by atoms with E-state index >= 15 is 0 Å². The number of rotatable bonds is 5. The summed E-state index contributed by atoms with van der Waals surface area (Å²) in [5, 5.41) is 6.27. The molecular formula is C23H24N2O2. The largest absolute Gasteiger partial charge is 0.484 e. The predicted molar refractivity (Wildman–Crippen MR) is 110 cm³/mol. The molecule has 4 nitrogen and oxygen atoms in total. The van der Waals surface area contributed by atoms with E-state index in [0.29, 0.717) is 5.75 Å². The van der Waals surface area contributed by atoms with Gasteiger partial charge in [0, 0.05) is 5.56 Å². The molecule has 27 heavy (non-hydrogen) atoms. The van der Waals surface area contributed by atoms with Crippen LogP contribution >= 0.6 is 0 Å². The zero-order valence-corrected chi connectivity index (χ0v) is 15.9. The molecule has 0 saturated carbocycles. The normalized spacial score (nSPS) is 11.7. The number of fused-ring (bicyclic) bond motifs is 1. The van der Waals surface area contributed by atoms with Crippen LogP contribution in [-0.4, -0.2) is 18.7 Å². The minimum absolute atomic E-state index is 0.0816. The third-order valence-electron chi connectivity index (χ3n) is 4.31. The van der Waals surface area contributed by atoms with Crippen molar-refractivity contribution in [1.82, 2.24) is 5.43 Å². The summed E-state index contributed by atoms with van der Waals surface area (Å²) in [7, 11) is 0. The minimum Gasteiger partial charge on any atom is -0.484 e. The second kappa shape index (κ2) is 8.04. The van der Waals surface area contributed by atoms with Crippen molar-refractivity contribution < 1.29 is 9.53 Å². The Labute approximate surface area is 159 Å². The van der Waals surface area contributed by atoms with Gasteiger partial charge in [0.15, 0.2) is 6.61 Å². The van der Waals surface area contributed by atoms with Gasteiger partial charge in [-0.15, -0.1) is 0 Å². The molecule has 0 fully saturated rings. The van der Waals surface area contributed by atoms with Gasteiger partial charge < -0.3 is 4.74 Å². The molecule has 0 saturated heterocycles. The number of nitrogens with zero attached hydrogens (tertiary/aromatic N) is 1. The van der Waals surface area contributed by atoms with Crippen LogP contribution < -0.4 is 10.2 Å². The van der Waals surface area contributed by atoms with Crippen LogP contribution in [0.25, 0.3) is 10.8 Å². The number of hydrogen-bond donors (Lipinski definition) is 1. The average molecular weight is 360 g/mol. The second-order valence-corrected chi connectivity index (χ2v) is 7.42. The smallest absolute Gasteiger partial charge is 0.277 e. The van der Waals surface area contributed by atoms with Crippen LogP contribution in [-0.2, 0) is 10.2 Å². The summed E-state index contributed by atoms with van der Waals surface area (Å²) in [5.41, 5.74) is 4.77. The lowest BCUT2D eigenvalue weighted by Crippen LogP contribution is -2.24. The summed E-state index contributed by atoms with van der Waals surface area (Å²) in [5.74, 6) is 0.363. The molecule has 0 spiro atoms. The van der Waals surface area contributed by atoms with Gasteiger partial charge in [-0.05, 0) is 33.9 Å². The molecule has 0 aliphatic carbocycles. The van der Waals surface area contributed by atoms with Crippen molar-refractivity contribution in [3.8, 4) is 5.75 Å². The van der Waals surface area contributed by atoms with Crippen LogP contribution in [0.5, 0.6) is 5.75 Å². The summed E-state index contributed by atoms with van der Waals surface area (Å²) < 4.78 is 5.52. The number of hydrazone groups is 1. The van der Waals surface area contributed by atoms with Crippen LogP contribution in [0.4, 0.5) is 0 Å². The van der Waals surface area contributed by atoms with Gasteiger partial charge in [0.2, 0.25) is 0 Å². The maximum atomic E-state index is 11.9. The van der Waals surface area contributed by atoms with Crippen molar-refractivity contribution >= 4 is 22.9 Å². The summed E-state index contributed by atoms with van der Waals surface area (Å²) in [6, 6.07) is 21.8. The zero-order chi connectivity index (χ0) is 19.3. The van der Waals surface area contributed by atoms with Gasteiger partial charge >= 0.3 is 0 Å². The van der Waals surface area contributed by atoms with Crippen molar-refractivity contribution in [3.63, 3.8) is 0 Å². The van der Waals surface area contributed by atoms with Crippen LogP contribution in [0, 0.1) is 0 Å². The number of carbonyl (C=O) groups is 1. The lowest BCUT2D eigenvalue weighted by molar-refractivity contribution is -0.123. The van der Waals surface area contributed by atoms with Crippen molar-refractivity contribution in [2.45, 2.75) is 26.2 Å². The first-order valence-electron chi connectivity index (χ1n) is 8.96. The molecule has 3 aromatic carbocycles. The Morgan fingerprint density at radius 3 is 2.44 bits per heavy atom. The van der Waals surface area contributed by atoms with Crippen LogP contribution in [0.2, 0.25) is 0 Å². The molecule has 0 heterocycles. The molecule has 0 aliphatic rings. The highest BCUT2D eigenvalue weighted by atomic mass is 16.5. The van der Waals surface area contributed by atoms with Crippen LogP contribution in [0.15, 0.2) is 71.8 Å². The molecule has 4 heteroatoms. The predicted octanol–water partition coefficient (Wildman–Crippen LogP) is 4.67. The van der Waals surface area contributed by atoms with E-state index in [1.165, 1.54) is 5.56 Å². The number of benzene rings is 3. The first-order valence-corrected chi connectivity index (χ1v) is 8.96. The Hall–Kier alpha value is -3.14. The highest BCUT2D eigenvalue weighted by Gasteiger charge is 2.13. The summed E-state index contributed by atoms with van der Waals surface area (Å²) in [6.45, 7) is 6.39. The maximum absolute atomic E-state index is 11.9. The van der Waals surface area contributed by atoms with E-state index in [4.69, 9.17) is 4.74 Å². The van der Waals surface area contributed by atoms with E-state index in [0.717, 1.165) is 16.3 Å². The van der Waals surface area contributed by atoms with E-state index in [1.54, 1.807) is 6.21 Å². The van der Waals surface area contributed by atoms with Crippen LogP contribution in [0.1, 0.15) is 31.9 Å². The van der Waals surface area contributed by atoms with Gasteiger partial charge in [-0.3, -0.25) is 4.79 Å². The zero-order valence-electron chi connectivity index (χ0n) is 15.9. The van der Waals surface area contributed by atoms with Crippen molar-refractivity contribution in [1.29, 1.82) is 0 Å². The SMILES string of the molecule is CC(C)(C)c1ccc(OCC(=O)N/N=C\c2cccc3ccccc23)cc1. The van der Waals surface area contributed by atoms with Gasteiger partial charge in [0.25, 0.3) is 5.91 Å². The number of nitrogens with one attached hydrogen (secondary N) is 1. The Bertz CT molecular complexity index is 949. The molecule has 1 N–H and O–H groups in total. The van der Waals surface area contributed by atoms with Gasteiger partial charge in [0.05, 0.1) is 6.21 Å². The fourth-order valence-corrected chi connectivity index (χ4v) is 2.77. The highest BCUT2D eigenvalue weighted by molar-refractivity contribution is 5.99. The van der Waals surface area contributed by atoms with E-state index in [1.807, 2.05) is 66.7 Å². The van der Waals surface area contributed by atoms with Crippen LogP contribution in [0.3, 0.4) is 0 Å². The maximum Gasteiger partial charge on any atom is 0.277 e. The standard InChI is InChI=1S/C23H24N2O2/c1-23(2,3)19-11-13-20(14-12-19)27-16-22(26)25-24-15-18-9-6-8-17-7-4-5-10-21(17)18/h4-15H,16H2,1-3H3,(H,25,26)/b24-15-. The molecule has 3 aromatic rings. The van der Waals surface area contributed by atoms with E-state index in [9.17, 15) is 4.79 Å². The van der Waals surface area contributed by atoms with Crippen molar-refractivity contribution in [3.05, 3.63) is 77.9 Å². The fraction of sp³-hybridized carbons (Fsp3) is 0.217. The topological polar surface area (TPSA) is 50.7 Å². The highest BCUT2D eigenvalue weighted by Crippen LogP contribution is 2.24. The van der Waals surface area contributed by atoms with Crippen molar-refractivity contribution in [2.75, 3.05) is 6.61 Å². The van der Waals surface area contributed by atoms with Crippen molar-refractivity contribution in [2.24, 2.45) is 5.10 Å². The molecule has 0 atom stereocenters.